The highest BCUT2D eigenvalue weighted by atomic mass is 16.6. The van der Waals surface area contributed by atoms with Crippen LogP contribution in [0.4, 0.5) is 0 Å². The number of allylic oxidation sites excluding steroid dienone is 17. The van der Waals surface area contributed by atoms with Gasteiger partial charge in [0, 0.05) is 12.8 Å². The molecule has 0 aromatic carbocycles. The largest absolute Gasteiger partial charge is 0.462 e. The number of carbonyl (C=O) groups is 3. The molecule has 0 heterocycles. The summed E-state index contributed by atoms with van der Waals surface area (Å²) in [5, 5.41) is 0. The molecule has 1 unspecified atom stereocenters. The third kappa shape index (κ3) is 39.3. The lowest BCUT2D eigenvalue weighted by Gasteiger charge is -2.18. The van der Waals surface area contributed by atoms with Crippen LogP contribution < -0.4 is 0 Å². The second kappa shape index (κ2) is 41.8. The topological polar surface area (TPSA) is 78.9 Å². The van der Waals surface area contributed by atoms with Crippen LogP contribution in [0.2, 0.25) is 0 Å². The Balaban J connectivity index is 4.59. The Kier molecular flexibility index (Phi) is 38.8. The fourth-order valence-electron chi connectivity index (χ4n) is 4.94. The molecule has 0 aliphatic carbocycles. The Hall–Kier alpha value is -3.93. The van der Waals surface area contributed by atoms with Crippen molar-refractivity contribution in [3.8, 4) is 0 Å². The van der Waals surface area contributed by atoms with Gasteiger partial charge in [-0.3, -0.25) is 14.4 Å². The molecule has 0 aliphatic heterocycles. The smallest absolute Gasteiger partial charge is 0.309 e. The average Bonchev–Trinajstić information content (AvgIpc) is 3.17. The Morgan fingerprint density at radius 1 is 0.407 bits per heavy atom. The van der Waals surface area contributed by atoms with Crippen LogP contribution in [0.25, 0.3) is 0 Å². The molecule has 0 bridgehead atoms. The minimum absolute atomic E-state index is 0.117. The van der Waals surface area contributed by atoms with E-state index in [1.54, 1.807) is 6.08 Å². The Morgan fingerprint density at radius 3 is 1.37 bits per heavy atom. The van der Waals surface area contributed by atoms with Crippen molar-refractivity contribution >= 4 is 17.9 Å². The van der Waals surface area contributed by atoms with Gasteiger partial charge in [-0.1, -0.05) is 162 Å². The van der Waals surface area contributed by atoms with Crippen LogP contribution in [0.1, 0.15) is 156 Å². The molecule has 6 heteroatoms. The van der Waals surface area contributed by atoms with Crippen molar-refractivity contribution < 1.29 is 28.6 Å². The van der Waals surface area contributed by atoms with Gasteiger partial charge in [0.1, 0.15) is 13.2 Å². The molecule has 0 radical (unpaired) electrons. The number of unbranched alkanes of at least 4 members (excludes halogenated alkanes) is 7. The molecule has 0 saturated heterocycles. The van der Waals surface area contributed by atoms with Crippen molar-refractivity contribution in [3.05, 3.63) is 109 Å². The number of rotatable bonds is 35. The standard InChI is InChI=1S/C48H74O6/c1-4-7-10-13-16-19-21-22-23-24-25-27-29-32-35-38-41-47(50)53-44-45(43-52-46(49)40-37-34-31-28-18-15-12-9-6-3)54-48(51)42-39-36-33-30-26-20-17-14-11-8-5-2/h7,9-10,12,14,16-19,22-23,25,27-28,32,34-35,37,45H,4-6,8,11,13,15,20-21,24,26,29-31,33,36,38-44H2,1-3H3/b10-7-,12-9-,17-14-,19-16-,23-22-,27-25-,28-18-,35-32-,37-34-. The molecular formula is C48H74O6. The molecule has 0 aliphatic rings. The first kappa shape index (κ1) is 50.1. The summed E-state index contributed by atoms with van der Waals surface area (Å²) in [6, 6.07) is 0. The van der Waals surface area contributed by atoms with Crippen LogP contribution in [0.15, 0.2) is 109 Å². The molecule has 0 N–H and O–H groups in total. The third-order valence-corrected chi connectivity index (χ3v) is 8.04. The van der Waals surface area contributed by atoms with Gasteiger partial charge in [0.25, 0.3) is 0 Å². The SMILES string of the molecule is CC/C=C\C/C=C\C/C=C\C/C=C\C/C=C\CCC(=O)OCC(COC(=O)C/C=C\C/C=C\C/C=C\CC)OC(=O)CCCCCCC/C=C\CCCC. The van der Waals surface area contributed by atoms with Crippen molar-refractivity contribution in [2.24, 2.45) is 0 Å². The Labute approximate surface area is 330 Å². The Morgan fingerprint density at radius 2 is 0.833 bits per heavy atom. The summed E-state index contributed by atoms with van der Waals surface area (Å²) in [6.07, 6.45) is 55.5. The van der Waals surface area contributed by atoms with Crippen molar-refractivity contribution in [2.75, 3.05) is 13.2 Å². The first-order valence-electron chi connectivity index (χ1n) is 20.9. The molecule has 1 atom stereocenters. The van der Waals surface area contributed by atoms with Gasteiger partial charge in [-0.05, 0) is 83.5 Å². The molecule has 0 rings (SSSR count). The lowest BCUT2D eigenvalue weighted by molar-refractivity contribution is -0.166. The van der Waals surface area contributed by atoms with E-state index in [2.05, 4.69) is 106 Å². The molecule has 0 saturated carbocycles. The number of hydrogen-bond acceptors (Lipinski definition) is 6. The predicted octanol–water partition coefficient (Wildman–Crippen LogP) is 13.2. The van der Waals surface area contributed by atoms with E-state index in [9.17, 15) is 14.4 Å². The Bertz CT molecular complexity index is 1180. The summed E-state index contributed by atoms with van der Waals surface area (Å²) in [4.78, 5) is 37.5. The summed E-state index contributed by atoms with van der Waals surface area (Å²) < 4.78 is 16.4. The highest BCUT2D eigenvalue weighted by Gasteiger charge is 2.19. The number of hydrogen-bond donors (Lipinski definition) is 0. The molecule has 6 nitrogen and oxygen atoms in total. The van der Waals surface area contributed by atoms with Gasteiger partial charge in [-0.2, -0.15) is 0 Å². The number of esters is 3. The fraction of sp³-hybridized carbons (Fsp3) is 0.562. The van der Waals surface area contributed by atoms with Gasteiger partial charge >= 0.3 is 17.9 Å². The van der Waals surface area contributed by atoms with Gasteiger partial charge in [0.2, 0.25) is 0 Å². The van der Waals surface area contributed by atoms with Crippen molar-refractivity contribution in [2.45, 2.75) is 162 Å². The zero-order valence-electron chi connectivity index (χ0n) is 34.2. The minimum atomic E-state index is -0.846. The van der Waals surface area contributed by atoms with E-state index >= 15 is 0 Å². The molecular weight excluding hydrogens is 673 g/mol. The van der Waals surface area contributed by atoms with E-state index < -0.39 is 12.1 Å². The van der Waals surface area contributed by atoms with E-state index in [1.807, 2.05) is 18.2 Å². The molecule has 0 aromatic heterocycles. The van der Waals surface area contributed by atoms with Crippen LogP contribution in [-0.4, -0.2) is 37.2 Å². The average molecular weight is 747 g/mol. The normalized spacial score (nSPS) is 13.2. The molecule has 0 spiro atoms. The molecule has 0 amide bonds. The van der Waals surface area contributed by atoms with E-state index in [0.29, 0.717) is 6.42 Å². The van der Waals surface area contributed by atoms with Gasteiger partial charge < -0.3 is 14.2 Å². The minimum Gasteiger partial charge on any atom is -0.462 e. The van der Waals surface area contributed by atoms with Crippen molar-refractivity contribution in [3.63, 3.8) is 0 Å². The van der Waals surface area contributed by atoms with Gasteiger partial charge in [-0.25, -0.2) is 0 Å². The fourth-order valence-corrected chi connectivity index (χ4v) is 4.94. The van der Waals surface area contributed by atoms with Crippen molar-refractivity contribution in [1.82, 2.24) is 0 Å². The summed E-state index contributed by atoms with van der Waals surface area (Å²) >= 11 is 0. The maximum Gasteiger partial charge on any atom is 0.309 e. The first-order valence-corrected chi connectivity index (χ1v) is 20.9. The van der Waals surface area contributed by atoms with Crippen molar-refractivity contribution in [1.29, 1.82) is 0 Å². The quantitative estimate of drug-likeness (QED) is 0.0278. The zero-order chi connectivity index (χ0) is 39.4. The second-order valence-corrected chi connectivity index (χ2v) is 13.1. The monoisotopic (exact) mass is 747 g/mol. The van der Waals surface area contributed by atoms with Crippen LogP contribution in [0.5, 0.6) is 0 Å². The van der Waals surface area contributed by atoms with Gasteiger partial charge in [-0.15, -0.1) is 0 Å². The third-order valence-electron chi connectivity index (χ3n) is 8.04. The first-order chi connectivity index (χ1) is 26.5. The van der Waals surface area contributed by atoms with E-state index in [1.165, 1.54) is 12.8 Å². The molecule has 302 valence electrons. The molecule has 0 aromatic rings. The van der Waals surface area contributed by atoms with E-state index in [-0.39, 0.29) is 44.4 Å². The molecule has 0 fully saturated rings. The van der Waals surface area contributed by atoms with E-state index in [4.69, 9.17) is 14.2 Å². The highest BCUT2D eigenvalue weighted by molar-refractivity contribution is 5.72. The number of ether oxygens (including phenoxy) is 3. The lowest BCUT2D eigenvalue weighted by Crippen LogP contribution is -2.30. The predicted molar refractivity (Wildman–Crippen MR) is 228 cm³/mol. The summed E-state index contributed by atoms with van der Waals surface area (Å²) in [7, 11) is 0. The second-order valence-electron chi connectivity index (χ2n) is 13.1. The van der Waals surface area contributed by atoms with Crippen LogP contribution in [-0.2, 0) is 28.6 Å². The van der Waals surface area contributed by atoms with Crippen LogP contribution >= 0.6 is 0 Å². The summed E-state index contributed by atoms with van der Waals surface area (Å²) in [5.74, 6) is -1.18. The summed E-state index contributed by atoms with van der Waals surface area (Å²) in [6.45, 7) is 6.14. The van der Waals surface area contributed by atoms with Crippen LogP contribution in [0, 0.1) is 0 Å². The van der Waals surface area contributed by atoms with Gasteiger partial charge in [0.05, 0.1) is 6.42 Å². The zero-order valence-corrected chi connectivity index (χ0v) is 34.2. The maximum atomic E-state index is 12.6. The lowest BCUT2D eigenvalue weighted by atomic mass is 10.1. The van der Waals surface area contributed by atoms with E-state index in [0.717, 1.165) is 96.3 Å². The maximum absolute atomic E-state index is 12.6. The number of carbonyl (C=O) groups excluding carboxylic acids is 3. The molecule has 54 heavy (non-hydrogen) atoms. The summed E-state index contributed by atoms with van der Waals surface area (Å²) in [5.41, 5.74) is 0. The van der Waals surface area contributed by atoms with Gasteiger partial charge in [0.15, 0.2) is 6.10 Å². The highest BCUT2D eigenvalue weighted by Crippen LogP contribution is 2.10. The van der Waals surface area contributed by atoms with Crippen LogP contribution in [0.3, 0.4) is 0 Å².